The zero-order valence-electron chi connectivity index (χ0n) is 18.1. The van der Waals surface area contributed by atoms with E-state index in [2.05, 4.69) is 15.4 Å². The summed E-state index contributed by atoms with van der Waals surface area (Å²) in [6.07, 6.45) is 0. The predicted octanol–water partition coefficient (Wildman–Crippen LogP) is 5.15. The van der Waals surface area contributed by atoms with E-state index in [9.17, 15) is 9.59 Å². The fourth-order valence-electron chi connectivity index (χ4n) is 3.25. The molecule has 0 saturated carbocycles. The van der Waals surface area contributed by atoms with E-state index in [-0.39, 0.29) is 23.2 Å². The first-order valence-corrected chi connectivity index (χ1v) is 10.6. The molecule has 0 fully saturated rings. The number of ether oxygens (including phenoxy) is 1. The van der Waals surface area contributed by atoms with Crippen molar-refractivity contribution < 1.29 is 14.3 Å². The maximum absolute atomic E-state index is 12.6. The van der Waals surface area contributed by atoms with Gasteiger partial charge in [0.05, 0.1) is 10.7 Å². The molecule has 0 unspecified atom stereocenters. The van der Waals surface area contributed by atoms with Crippen LogP contribution in [0.1, 0.15) is 37.8 Å². The SMILES string of the molecule is Cc1cc(C)n(-c2ccc(Cl)c(C(=O)OCc3ccc(C(=O)Nc4ccccc4)cc3)n2)n1. The van der Waals surface area contributed by atoms with Gasteiger partial charge in [0.15, 0.2) is 11.5 Å². The monoisotopic (exact) mass is 460 g/mol. The van der Waals surface area contributed by atoms with Gasteiger partial charge in [-0.15, -0.1) is 0 Å². The van der Waals surface area contributed by atoms with Crippen LogP contribution < -0.4 is 5.32 Å². The Hall–Kier alpha value is -3.97. The molecule has 0 radical (unpaired) electrons. The molecule has 1 N–H and O–H groups in total. The molecule has 0 aliphatic rings. The number of hydrogen-bond donors (Lipinski definition) is 1. The van der Waals surface area contributed by atoms with Crippen molar-refractivity contribution in [3.05, 3.63) is 106 Å². The second kappa shape index (κ2) is 9.67. The highest BCUT2D eigenvalue weighted by atomic mass is 35.5. The van der Waals surface area contributed by atoms with Gasteiger partial charge in [-0.05, 0) is 61.9 Å². The summed E-state index contributed by atoms with van der Waals surface area (Å²) in [5, 5.41) is 7.40. The Morgan fingerprint density at radius 1 is 1.00 bits per heavy atom. The molecule has 2 aromatic carbocycles. The lowest BCUT2D eigenvalue weighted by Gasteiger charge is -2.09. The van der Waals surface area contributed by atoms with Crippen molar-refractivity contribution in [2.75, 3.05) is 5.32 Å². The van der Waals surface area contributed by atoms with E-state index in [0.29, 0.717) is 17.1 Å². The van der Waals surface area contributed by atoms with Crippen molar-refractivity contribution in [2.24, 2.45) is 0 Å². The first-order chi connectivity index (χ1) is 15.9. The van der Waals surface area contributed by atoms with Gasteiger partial charge >= 0.3 is 5.97 Å². The first kappa shape index (κ1) is 22.2. The van der Waals surface area contributed by atoms with Crippen LogP contribution in [0.5, 0.6) is 0 Å². The standard InChI is InChI=1S/C25H21ClN4O3/c1-16-14-17(2)30(29-16)22-13-12-21(26)23(28-22)25(32)33-15-18-8-10-19(11-9-18)24(31)27-20-6-4-3-5-7-20/h3-14H,15H2,1-2H3,(H,27,31). The first-order valence-electron chi connectivity index (χ1n) is 10.2. The van der Waals surface area contributed by atoms with Gasteiger partial charge in [0, 0.05) is 16.9 Å². The van der Waals surface area contributed by atoms with Crippen LogP contribution in [-0.2, 0) is 11.3 Å². The number of benzene rings is 2. The summed E-state index contributed by atoms with van der Waals surface area (Å²) in [7, 11) is 0. The van der Waals surface area contributed by atoms with Crippen LogP contribution in [0.3, 0.4) is 0 Å². The number of nitrogens with one attached hydrogen (secondary N) is 1. The lowest BCUT2D eigenvalue weighted by molar-refractivity contribution is 0.0465. The van der Waals surface area contributed by atoms with E-state index in [1.807, 2.05) is 50.2 Å². The molecular weight excluding hydrogens is 440 g/mol. The van der Waals surface area contributed by atoms with Crippen LogP contribution in [0.25, 0.3) is 5.82 Å². The number of carbonyl (C=O) groups excluding carboxylic acids is 2. The van der Waals surface area contributed by atoms with Gasteiger partial charge in [0.2, 0.25) is 0 Å². The van der Waals surface area contributed by atoms with E-state index < -0.39 is 5.97 Å². The summed E-state index contributed by atoms with van der Waals surface area (Å²) >= 11 is 6.19. The molecule has 4 rings (SSSR count). The Kier molecular flexibility index (Phi) is 6.51. The highest BCUT2D eigenvalue weighted by Crippen LogP contribution is 2.19. The molecule has 0 spiro atoms. The van der Waals surface area contributed by atoms with E-state index in [4.69, 9.17) is 16.3 Å². The molecule has 0 aliphatic carbocycles. The highest BCUT2D eigenvalue weighted by molar-refractivity contribution is 6.33. The zero-order chi connectivity index (χ0) is 23.4. The van der Waals surface area contributed by atoms with Crippen LogP contribution in [0.15, 0.2) is 72.8 Å². The lowest BCUT2D eigenvalue weighted by Crippen LogP contribution is -2.12. The maximum atomic E-state index is 12.6. The number of aryl methyl sites for hydroxylation is 2. The van der Waals surface area contributed by atoms with Crippen LogP contribution in [-0.4, -0.2) is 26.6 Å². The van der Waals surface area contributed by atoms with Gasteiger partial charge in [-0.25, -0.2) is 14.5 Å². The number of carbonyl (C=O) groups is 2. The molecule has 0 aliphatic heterocycles. The van der Waals surface area contributed by atoms with E-state index in [1.165, 1.54) is 0 Å². The summed E-state index contributed by atoms with van der Waals surface area (Å²) in [5.41, 5.74) is 3.68. The van der Waals surface area contributed by atoms with Crippen LogP contribution >= 0.6 is 11.6 Å². The summed E-state index contributed by atoms with van der Waals surface area (Å²) in [6.45, 7) is 3.80. The van der Waals surface area contributed by atoms with Crippen LogP contribution in [0.2, 0.25) is 5.02 Å². The van der Waals surface area contributed by atoms with Crippen molar-refractivity contribution in [1.82, 2.24) is 14.8 Å². The fraction of sp³-hybridized carbons (Fsp3) is 0.120. The van der Waals surface area contributed by atoms with Crippen molar-refractivity contribution in [3.8, 4) is 5.82 Å². The van der Waals surface area contributed by atoms with E-state index in [1.54, 1.807) is 41.1 Å². The Balaban J connectivity index is 1.41. The number of halogens is 1. The minimum absolute atomic E-state index is 0.0144. The molecule has 0 saturated heterocycles. The molecule has 2 heterocycles. The molecule has 4 aromatic rings. The molecule has 0 atom stereocenters. The predicted molar refractivity (Wildman–Crippen MR) is 126 cm³/mol. The number of amides is 1. The average Bonchev–Trinajstić information content (AvgIpc) is 3.16. The molecule has 1 amide bonds. The second-order valence-corrected chi connectivity index (χ2v) is 7.84. The third-order valence-electron chi connectivity index (χ3n) is 4.87. The Bertz CT molecular complexity index is 1300. The van der Waals surface area contributed by atoms with Crippen molar-refractivity contribution in [3.63, 3.8) is 0 Å². The maximum Gasteiger partial charge on any atom is 0.358 e. The minimum Gasteiger partial charge on any atom is -0.456 e. The Labute approximate surface area is 196 Å². The summed E-state index contributed by atoms with van der Waals surface area (Å²) in [5.74, 6) is -0.387. The van der Waals surface area contributed by atoms with E-state index >= 15 is 0 Å². The number of nitrogens with zero attached hydrogens (tertiary/aromatic N) is 3. The van der Waals surface area contributed by atoms with Gasteiger partial charge < -0.3 is 10.1 Å². The number of aromatic nitrogens is 3. The molecule has 2 aromatic heterocycles. The van der Waals surface area contributed by atoms with E-state index in [0.717, 1.165) is 17.0 Å². The van der Waals surface area contributed by atoms with Crippen LogP contribution in [0, 0.1) is 13.8 Å². The van der Waals surface area contributed by atoms with Crippen molar-refractivity contribution in [2.45, 2.75) is 20.5 Å². The normalized spacial score (nSPS) is 10.6. The highest BCUT2D eigenvalue weighted by Gasteiger charge is 2.17. The largest absolute Gasteiger partial charge is 0.456 e. The topological polar surface area (TPSA) is 86.1 Å². The van der Waals surface area contributed by atoms with Gasteiger partial charge in [0.1, 0.15) is 6.61 Å². The number of para-hydroxylation sites is 1. The third kappa shape index (κ3) is 5.27. The summed E-state index contributed by atoms with van der Waals surface area (Å²) < 4.78 is 7.04. The molecule has 7 nitrogen and oxygen atoms in total. The lowest BCUT2D eigenvalue weighted by atomic mass is 10.1. The Morgan fingerprint density at radius 3 is 2.39 bits per heavy atom. The average molecular weight is 461 g/mol. The summed E-state index contributed by atoms with van der Waals surface area (Å²) in [6, 6.07) is 21.2. The minimum atomic E-state index is -0.644. The fourth-order valence-corrected chi connectivity index (χ4v) is 3.43. The van der Waals surface area contributed by atoms with Gasteiger partial charge in [-0.1, -0.05) is 41.9 Å². The molecule has 166 valence electrons. The summed E-state index contributed by atoms with van der Waals surface area (Å²) in [4.78, 5) is 29.3. The molecule has 33 heavy (non-hydrogen) atoms. The molecule has 0 bridgehead atoms. The number of rotatable bonds is 6. The van der Waals surface area contributed by atoms with Crippen LogP contribution in [0.4, 0.5) is 5.69 Å². The van der Waals surface area contributed by atoms with Gasteiger partial charge in [-0.2, -0.15) is 5.10 Å². The number of hydrogen-bond acceptors (Lipinski definition) is 5. The van der Waals surface area contributed by atoms with Crippen molar-refractivity contribution >= 4 is 29.2 Å². The number of esters is 1. The van der Waals surface area contributed by atoms with Gasteiger partial charge in [0.25, 0.3) is 5.91 Å². The molecular formula is C25H21ClN4O3. The third-order valence-corrected chi connectivity index (χ3v) is 5.17. The van der Waals surface area contributed by atoms with Gasteiger partial charge in [-0.3, -0.25) is 4.79 Å². The Morgan fingerprint density at radius 2 is 1.73 bits per heavy atom. The smallest absolute Gasteiger partial charge is 0.358 e. The second-order valence-electron chi connectivity index (χ2n) is 7.43. The van der Waals surface area contributed by atoms with Crippen molar-refractivity contribution in [1.29, 1.82) is 0 Å². The zero-order valence-corrected chi connectivity index (χ0v) is 18.8. The quantitative estimate of drug-likeness (QED) is 0.402. The number of pyridine rings is 1. The number of anilines is 1. The molecule has 8 heteroatoms.